The molecular formula is C24H19Cl2N3O4. The molecule has 3 aromatic carbocycles. The van der Waals surface area contributed by atoms with Crippen molar-refractivity contribution in [2.75, 3.05) is 17.2 Å². The van der Waals surface area contributed by atoms with Gasteiger partial charge < -0.3 is 20.7 Å². The minimum Gasteiger partial charge on any atom is -0.482 e. The predicted molar refractivity (Wildman–Crippen MR) is 127 cm³/mol. The molecule has 0 radical (unpaired) electrons. The Kier molecular flexibility index (Phi) is 6.82. The number of halogens is 2. The molecule has 33 heavy (non-hydrogen) atoms. The lowest BCUT2D eigenvalue weighted by Gasteiger charge is -2.21. The molecule has 0 aliphatic carbocycles. The molecule has 3 aromatic rings. The second kappa shape index (κ2) is 9.94. The first-order valence-corrected chi connectivity index (χ1v) is 10.8. The molecule has 0 saturated carbocycles. The van der Waals surface area contributed by atoms with Crippen LogP contribution in [0.25, 0.3) is 0 Å². The van der Waals surface area contributed by atoms with Gasteiger partial charge in [0.1, 0.15) is 5.75 Å². The number of anilines is 2. The minimum absolute atomic E-state index is 0.0504. The van der Waals surface area contributed by atoms with Crippen LogP contribution in [0, 0.1) is 0 Å². The average Bonchev–Trinajstić information content (AvgIpc) is 2.80. The van der Waals surface area contributed by atoms with Crippen LogP contribution in [0.2, 0.25) is 10.0 Å². The monoisotopic (exact) mass is 483 g/mol. The maximum absolute atomic E-state index is 12.9. The van der Waals surface area contributed by atoms with Crippen LogP contribution in [0.4, 0.5) is 11.4 Å². The molecule has 1 heterocycles. The van der Waals surface area contributed by atoms with Gasteiger partial charge in [0.2, 0.25) is 5.91 Å². The highest BCUT2D eigenvalue weighted by Crippen LogP contribution is 2.36. The summed E-state index contributed by atoms with van der Waals surface area (Å²) in [6, 6.07) is 18.3. The fourth-order valence-corrected chi connectivity index (χ4v) is 3.83. The number of rotatable bonds is 6. The van der Waals surface area contributed by atoms with Gasteiger partial charge in [-0.05, 0) is 23.8 Å². The molecule has 0 bridgehead atoms. The summed E-state index contributed by atoms with van der Waals surface area (Å²) in [6.07, 6.45) is -0.0504. The minimum atomic E-state index is -0.609. The highest BCUT2D eigenvalue weighted by Gasteiger charge is 2.23. The van der Waals surface area contributed by atoms with Crippen molar-refractivity contribution in [3.63, 3.8) is 0 Å². The zero-order valence-electron chi connectivity index (χ0n) is 17.2. The van der Waals surface area contributed by atoms with E-state index in [1.54, 1.807) is 30.3 Å². The van der Waals surface area contributed by atoms with Gasteiger partial charge in [-0.25, -0.2) is 0 Å². The molecule has 4 rings (SSSR count). The molecule has 0 saturated heterocycles. The van der Waals surface area contributed by atoms with E-state index in [9.17, 15) is 14.4 Å². The van der Waals surface area contributed by atoms with Crippen LogP contribution in [0.1, 0.15) is 28.4 Å². The molecule has 1 unspecified atom stereocenters. The Labute approximate surface area is 200 Å². The van der Waals surface area contributed by atoms with E-state index in [1.807, 2.05) is 30.3 Å². The van der Waals surface area contributed by atoms with Crippen LogP contribution in [0.15, 0.2) is 66.7 Å². The van der Waals surface area contributed by atoms with Gasteiger partial charge in [0.25, 0.3) is 11.8 Å². The van der Waals surface area contributed by atoms with Crippen molar-refractivity contribution in [3.8, 4) is 5.75 Å². The van der Waals surface area contributed by atoms with E-state index >= 15 is 0 Å². The number of hydrogen-bond acceptors (Lipinski definition) is 4. The summed E-state index contributed by atoms with van der Waals surface area (Å²) in [4.78, 5) is 37.2. The second-order valence-electron chi connectivity index (χ2n) is 7.33. The summed E-state index contributed by atoms with van der Waals surface area (Å²) in [5, 5.41) is 8.86. The zero-order chi connectivity index (χ0) is 23.4. The number of nitrogens with one attached hydrogen (secondary N) is 3. The Bertz CT molecular complexity index is 1220. The van der Waals surface area contributed by atoms with Gasteiger partial charge in [-0.3, -0.25) is 14.4 Å². The summed E-state index contributed by atoms with van der Waals surface area (Å²) in [7, 11) is 0. The Hall–Kier alpha value is -3.55. The molecular weight excluding hydrogens is 465 g/mol. The third-order valence-electron chi connectivity index (χ3n) is 4.99. The van der Waals surface area contributed by atoms with Crippen molar-refractivity contribution < 1.29 is 19.1 Å². The highest BCUT2D eigenvalue weighted by molar-refractivity contribution is 6.34. The molecule has 1 aliphatic heterocycles. The van der Waals surface area contributed by atoms with Crippen LogP contribution in [-0.2, 0) is 9.59 Å². The first-order valence-electron chi connectivity index (χ1n) is 10.1. The molecule has 9 heteroatoms. The van der Waals surface area contributed by atoms with E-state index in [2.05, 4.69) is 16.0 Å². The number of carbonyl (C=O) groups is 3. The van der Waals surface area contributed by atoms with Gasteiger partial charge in [-0.15, -0.1) is 0 Å². The lowest BCUT2D eigenvalue weighted by atomic mass is 10.0. The standard InChI is InChI=1S/C24H19Cl2N3O4/c25-16-9-5-4-8-15(16)24(32)29-18(14-6-2-1-3-7-14)12-22(30)27-19-11-21-20(10-17(19)26)28-23(31)13-33-21/h1-11,18H,12-13H2,(H,27,30)(H,28,31)(H,29,32). The number of hydrogen-bond donors (Lipinski definition) is 3. The molecule has 168 valence electrons. The van der Waals surface area contributed by atoms with E-state index in [-0.39, 0.29) is 29.9 Å². The number of ether oxygens (including phenoxy) is 1. The third-order valence-corrected chi connectivity index (χ3v) is 5.63. The first-order chi connectivity index (χ1) is 15.9. The van der Waals surface area contributed by atoms with Crippen molar-refractivity contribution in [3.05, 3.63) is 87.9 Å². The van der Waals surface area contributed by atoms with Gasteiger partial charge in [0.15, 0.2) is 6.61 Å². The second-order valence-corrected chi connectivity index (χ2v) is 8.15. The number of carbonyl (C=O) groups excluding carboxylic acids is 3. The van der Waals surface area contributed by atoms with Crippen molar-refractivity contribution in [1.29, 1.82) is 0 Å². The van der Waals surface area contributed by atoms with E-state index < -0.39 is 11.9 Å². The SMILES string of the molecule is O=C(CC(NC(=O)c1ccccc1Cl)c1ccccc1)Nc1cc2c(cc1Cl)NC(=O)CO2. The predicted octanol–water partition coefficient (Wildman–Crippen LogP) is 4.82. The van der Waals surface area contributed by atoms with Crippen molar-refractivity contribution >= 4 is 52.3 Å². The van der Waals surface area contributed by atoms with Gasteiger partial charge in [-0.1, -0.05) is 65.7 Å². The first kappa shape index (κ1) is 22.6. The summed E-state index contributed by atoms with van der Waals surface area (Å²) < 4.78 is 5.38. The summed E-state index contributed by atoms with van der Waals surface area (Å²) in [6.45, 7) is -0.119. The van der Waals surface area contributed by atoms with Crippen molar-refractivity contribution in [2.24, 2.45) is 0 Å². The van der Waals surface area contributed by atoms with E-state index in [0.29, 0.717) is 27.7 Å². The van der Waals surface area contributed by atoms with Crippen molar-refractivity contribution in [2.45, 2.75) is 12.5 Å². The Morgan fingerprint density at radius 1 is 1.00 bits per heavy atom. The zero-order valence-corrected chi connectivity index (χ0v) is 18.7. The van der Waals surface area contributed by atoms with E-state index in [1.165, 1.54) is 6.07 Å². The van der Waals surface area contributed by atoms with Gasteiger partial charge in [0.05, 0.1) is 39.4 Å². The Balaban J connectivity index is 1.52. The van der Waals surface area contributed by atoms with Crippen LogP contribution in [0.5, 0.6) is 5.75 Å². The van der Waals surface area contributed by atoms with Crippen LogP contribution in [-0.4, -0.2) is 24.3 Å². The highest BCUT2D eigenvalue weighted by atomic mass is 35.5. The largest absolute Gasteiger partial charge is 0.482 e. The number of amides is 3. The molecule has 1 atom stereocenters. The molecule has 0 spiro atoms. The maximum atomic E-state index is 12.9. The van der Waals surface area contributed by atoms with Gasteiger partial charge >= 0.3 is 0 Å². The van der Waals surface area contributed by atoms with E-state index in [0.717, 1.165) is 5.56 Å². The fourth-order valence-electron chi connectivity index (χ4n) is 3.40. The average molecular weight is 484 g/mol. The molecule has 7 nitrogen and oxygen atoms in total. The quantitative estimate of drug-likeness (QED) is 0.467. The Morgan fingerprint density at radius 3 is 2.48 bits per heavy atom. The third kappa shape index (κ3) is 5.45. The van der Waals surface area contributed by atoms with Crippen LogP contribution < -0.4 is 20.7 Å². The maximum Gasteiger partial charge on any atom is 0.262 e. The fraction of sp³-hybridized carbons (Fsp3) is 0.125. The molecule has 0 aromatic heterocycles. The smallest absolute Gasteiger partial charge is 0.262 e. The molecule has 1 aliphatic rings. The van der Waals surface area contributed by atoms with E-state index in [4.69, 9.17) is 27.9 Å². The van der Waals surface area contributed by atoms with Crippen molar-refractivity contribution in [1.82, 2.24) is 5.32 Å². The van der Waals surface area contributed by atoms with Gasteiger partial charge in [0, 0.05) is 6.07 Å². The molecule has 3 amide bonds. The summed E-state index contributed by atoms with van der Waals surface area (Å²) in [5.41, 5.74) is 1.84. The molecule has 3 N–H and O–H groups in total. The number of fused-ring (bicyclic) bond motifs is 1. The van der Waals surface area contributed by atoms with Gasteiger partial charge in [-0.2, -0.15) is 0 Å². The topological polar surface area (TPSA) is 96.5 Å². The lowest BCUT2D eigenvalue weighted by molar-refractivity contribution is -0.119. The lowest BCUT2D eigenvalue weighted by Crippen LogP contribution is -2.31. The normalized spacial score (nSPS) is 13.2. The summed E-state index contributed by atoms with van der Waals surface area (Å²) >= 11 is 12.4. The summed E-state index contributed by atoms with van der Waals surface area (Å²) in [5.74, 6) is -0.639. The Morgan fingerprint density at radius 2 is 1.73 bits per heavy atom. The van der Waals surface area contributed by atoms with Crippen LogP contribution >= 0.6 is 23.2 Å². The molecule has 0 fully saturated rings. The van der Waals surface area contributed by atoms with Crippen LogP contribution in [0.3, 0.4) is 0 Å². The number of benzene rings is 3.